The molecule has 3 aliphatic rings. The van der Waals surface area contributed by atoms with Crippen LogP contribution in [-0.4, -0.2) is 21.5 Å². The van der Waals surface area contributed by atoms with E-state index in [0.717, 1.165) is 47.1 Å². The number of anilines is 1. The maximum atomic E-state index is 4.91. The summed E-state index contributed by atoms with van der Waals surface area (Å²) in [5.74, 6) is 0.901. The van der Waals surface area contributed by atoms with Gasteiger partial charge in [-0.2, -0.15) is 0 Å². The lowest BCUT2D eigenvalue weighted by molar-refractivity contribution is 1.05. The number of rotatable bonds is 2. The van der Waals surface area contributed by atoms with Crippen molar-refractivity contribution in [1.29, 1.82) is 0 Å². The van der Waals surface area contributed by atoms with E-state index in [1.807, 2.05) is 25.1 Å². The minimum absolute atomic E-state index is 0.901. The Morgan fingerprint density at radius 3 is 2.68 bits per heavy atom. The molecule has 0 amide bonds. The number of hydrogen-bond acceptors (Lipinski definition) is 3. The summed E-state index contributed by atoms with van der Waals surface area (Å²) in [6, 6.07) is 18.8. The molecule has 3 heterocycles. The summed E-state index contributed by atoms with van der Waals surface area (Å²) in [5.41, 5.74) is 8.77. The average Bonchev–Trinajstić information content (AvgIpc) is 3.28. The van der Waals surface area contributed by atoms with E-state index in [9.17, 15) is 0 Å². The van der Waals surface area contributed by atoms with Gasteiger partial charge >= 0.3 is 0 Å². The lowest BCUT2D eigenvalue weighted by Gasteiger charge is -2.11. The number of aromatic nitrogens is 3. The highest BCUT2D eigenvalue weighted by atomic mass is 15.0. The highest BCUT2D eigenvalue weighted by Gasteiger charge is 2.22. The third-order valence-electron chi connectivity index (χ3n) is 4.78. The van der Waals surface area contributed by atoms with E-state index < -0.39 is 0 Å². The molecule has 0 radical (unpaired) electrons. The Morgan fingerprint density at radius 2 is 1.80 bits per heavy atom. The average molecular weight is 326 g/mol. The van der Waals surface area contributed by atoms with Crippen LogP contribution in [0.25, 0.3) is 33.9 Å². The predicted octanol–water partition coefficient (Wildman–Crippen LogP) is 4.52. The molecule has 2 aromatic carbocycles. The van der Waals surface area contributed by atoms with E-state index in [4.69, 9.17) is 9.97 Å². The van der Waals surface area contributed by atoms with Crippen molar-refractivity contribution in [3.05, 3.63) is 66.0 Å². The first-order chi connectivity index (χ1) is 12.3. The number of aryl methyl sites for hydroxylation is 1. The number of aromatic amines is 1. The second-order valence-electron chi connectivity index (χ2n) is 6.45. The van der Waals surface area contributed by atoms with Gasteiger partial charge < -0.3 is 10.3 Å². The Bertz CT molecular complexity index is 1030. The van der Waals surface area contributed by atoms with E-state index in [0.29, 0.717) is 0 Å². The normalized spacial score (nSPS) is 13.0. The van der Waals surface area contributed by atoms with Crippen LogP contribution in [0.1, 0.15) is 11.4 Å². The van der Waals surface area contributed by atoms with Crippen LogP contribution >= 0.6 is 0 Å². The minimum Gasteiger partial charge on any atom is -0.384 e. The quantitative estimate of drug-likeness (QED) is 0.569. The summed E-state index contributed by atoms with van der Waals surface area (Å²) in [5, 5.41) is 3.45. The molecule has 2 aromatic rings. The summed E-state index contributed by atoms with van der Waals surface area (Å²) in [6.45, 7) is 2.98. The van der Waals surface area contributed by atoms with Crippen LogP contribution in [0.15, 0.2) is 54.6 Å². The van der Waals surface area contributed by atoms with Gasteiger partial charge in [0, 0.05) is 23.4 Å². The fourth-order valence-electron chi connectivity index (χ4n) is 3.65. The summed E-state index contributed by atoms with van der Waals surface area (Å²) in [7, 11) is 0. The van der Waals surface area contributed by atoms with Gasteiger partial charge in [-0.3, -0.25) is 0 Å². The van der Waals surface area contributed by atoms with Crippen LogP contribution in [0.3, 0.4) is 0 Å². The standard InChI is InChI=1S/C21H18N4/c1-13-23-19-12-18(14-6-3-2-4-7-14)25-21(19)20(24-13)16-8-5-9-17-15(16)10-11-22-17/h2-9,12,22H,10-11H2,1H3,(H,23,24). The minimum atomic E-state index is 0.901. The number of H-pyrrole nitrogens is 1. The number of nitrogens with one attached hydrogen (secondary N) is 2. The summed E-state index contributed by atoms with van der Waals surface area (Å²) in [6.07, 6.45) is 1.03. The largest absolute Gasteiger partial charge is 0.384 e. The van der Waals surface area contributed by atoms with Crippen molar-refractivity contribution in [3.63, 3.8) is 0 Å². The topological polar surface area (TPSA) is 53.6 Å². The lowest BCUT2D eigenvalue weighted by Crippen LogP contribution is -1.99. The van der Waals surface area contributed by atoms with Crippen LogP contribution in [-0.2, 0) is 6.42 Å². The van der Waals surface area contributed by atoms with Crippen molar-refractivity contribution in [2.24, 2.45) is 0 Å². The van der Waals surface area contributed by atoms with Gasteiger partial charge in [0.1, 0.15) is 17.2 Å². The zero-order chi connectivity index (χ0) is 16.8. The van der Waals surface area contributed by atoms with Gasteiger partial charge in [0.15, 0.2) is 0 Å². The SMILES string of the molecule is Cc1nc(-c2cccc3c2CCN3)c2nc(-c3ccccc3)cc-2[nH]1. The number of fused-ring (bicyclic) bond motifs is 2. The fraction of sp³-hybridized carbons (Fsp3) is 0.143. The van der Waals surface area contributed by atoms with Crippen molar-refractivity contribution >= 4 is 5.69 Å². The molecule has 2 N–H and O–H groups in total. The molecule has 0 unspecified atom stereocenters. The van der Waals surface area contributed by atoms with Crippen LogP contribution in [0, 0.1) is 6.92 Å². The Labute approximate surface area is 146 Å². The second-order valence-corrected chi connectivity index (χ2v) is 6.45. The molecule has 0 saturated carbocycles. The van der Waals surface area contributed by atoms with Crippen molar-refractivity contribution < 1.29 is 0 Å². The Balaban J connectivity index is 1.75. The molecule has 5 rings (SSSR count). The maximum absolute atomic E-state index is 4.91. The van der Waals surface area contributed by atoms with E-state index in [-0.39, 0.29) is 0 Å². The molecule has 4 nitrogen and oxygen atoms in total. The third kappa shape index (κ3) is 2.30. The summed E-state index contributed by atoms with van der Waals surface area (Å²) < 4.78 is 0. The molecule has 0 spiro atoms. The zero-order valence-electron chi connectivity index (χ0n) is 14.0. The predicted molar refractivity (Wildman–Crippen MR) is 101 cm³/mol. The van der Waals surface area contributed by atoms with Crippen molar-refractivity contribution in [2.45, 2.75) is 13.3 Å². The number of hydrogen-bond donors (Lipinski definition) is 2. The Kier molecular flexibility index (Phi) is 3.10. The molecular weight excluding hydrogens is 308 g/mol. The molecule has 4 heteroatoms. The van der Waals surface area contributed by atoms with Crippen LogP contribution in [0.2, 0.25) is 0 Å². The number of nitrogens with zero attached hydrogens (tertiary/aromatic N) is 2. The highest BCUT2D eigenvalue weighted by molar-refractivity contribution is 5.85. The highest BCUT2D eigenvalue weighted by Crippen LogP contribution is 2.38. The fourth-order valence-corrected chi connectivity index (χ4v) is 3.65. The van der Waals surface area contributed by atoms with Gasteiger partial charge in [-0.1, -0.05) is 42.5 Å². The first-order valence-electron chi connectivity index (χ1n) is 8.58. The molecule has 0 saturated heterocycles. The summed E-state index contributed by atoms with van der Waals surface area (Å²) >= 11 is 0. The van der Waals surface area contributed by atoms with Gasteiger partial charge in [0.05, 0.1) is 11.4 Å². The van der Waals surface area contributed by atoms with E-state index in [1.165, 1.54) is 16.8 Å². The molecule has 3 aliphatic heterocycles. The first-order valence-corrected chi connectivity index (χ1v) is 8.58. The Hall–Kier alpha value is -3.14. The molecule has 0 bridgehead atoms. The van der Waals surface area contributed by atoms with Gasteiger partial charge in [-0.15, -0.1) is 0 Å². The number of benzene rings is 2. The molecule has 0 aromatic heterocycles. The molecular formula is C21H18N4. The van der Waals surface area contributed by atoms with Gasteiger partial charge in [0.2, 0.25) is 0 Å². The second kappa shape index (κ2) is 5.45. The van der Waals surface area contributed by atoms with E-state index in [1.54, 1.807) is 0 Å². The first kappa shape index (κ1) is 14.2. The van der Waals surface area contributed by atoms with Crippen molar-refractivity contribution in [1.82, 2.24) is 15.0 Å². The molecule has 25 heavy (non-hydrogen) atoms. The third-order valence-corrected chi connectivity index (χ3v) is 4.78. The van der Waals surface area contributed by atoms with Crippen LogP contribution in [0.5, 0.6) is 0 Å². The molecule has 0 fully saturated rings. The lowest BCUT2D eigenvalue weighted by atomic mass is 10.00. The van der Waals surface area contributed by atoms with Gasteiger partial charge in [-0.25, -0.2) is 9.97 Å². The van der Waals surface area contributed by atoms with Crippen LogP contribution in [0.4, 0.5) is 5.69 Å². The summed E-state index contributed by atoms with van der Waals surface area (Å²) in [4.78, 5) is 13.1. The molecule has 0 aliphatic carbocycles. The monoisotopic (exact) mass is 326 g/mol. The smallest absolute Gasteiger partial charge is 0.114 e. The van der Waals surface area contributed by atoms with Crippen molar-refractivity contribution in [3.8, 4) is 33.9 Å². The molecule has 0 atom stereocenters. The van der Waals surface area contributed by atoms with Gasteiger partial charge in [0.25, 0.3) is 0 Å². The van der Waals surface area contributed by atoms with E-state index >= 15 is 0 Å². The van der Waals surface area contributed by atoms with Crippen molar-refractivity contribution in [2.75, 3.05) is 11.9 Å². The molecule has 122 valence electrons. The van der Waals surface area contributed by atoms with Crippen LogP contribution < -0.4 is 5.32 Å². The maximum Gasteiger partial charge on any atom is 0.114 e. The Morgan fingerprint density at radius 1 is 0.920 bits per heavy atom. The van der Waals surface area contributed by atoms with Gasteiger partial charge in [-0.05, 0) is 31.0 Å². The van der Waals surface area contributed by atoms with E-state index in [2.05, 4.69) is 46.7 Å². The zero-order valence-corrected chi connectivity index (χ0v) is 14.0.